The number of aryl methyl sites for hydroxylation is 2. The molecule has 4 aromatic rings. The highest BCUT2D eigenvalue weighted by Gasteiger charge is 2.04. The van der Waals surface area contributed by atoms with Gasteiger partial charge in [-0.15, -0.1) is 0 Å². The lowest BCUT2D eigenvalue weighted by molar-refractivity contribution is 1.37. The Labute approximate surface area is 121 Å². The Morgan fingerprint density at radius 1 is 0.650 bits per heavy atom. The van der Waals surface area contributed by atoms with Crippen LogP contribution in [0.2, 0.25) is 0 Å². The Balaban J connectivity index is 2.28. The SMILES string of the molecule is [2H]c1c([2H])c2cc3cc(C)c(C)cc3cc2c2ccccc12. The average Bonchev–Trinajstić information content (AvgIpc) is 2.53. The van der Waals surface area contributed by atoms with Crippen LogP contribution in [0.25, 0.3) is 32.3 Å². The van der Waals surface area contributed by atoms with E-state index in [0.717, 1.165) is 26.9 Å². The van der Waals surface area contributed by atoms with Crippen LogP contribution in [-0.4, -0.2) is 0 Å². The molecular weight excluding hydrogens is 240 g/mol. The van der Waals surface area contributed by atoms with E-state index in [2.05, 4.69) is 38.1 Å². The van der Waals surface area contributed by atoms with Gasteiger partial charge in [-0.3, -0.25) is 0 Å². The first kappa shape index (κ1) is 9.55. The fourth-order valence-electron chi connectivity index (χ4n) is 2.87. The third kappa shape index (κ3) is 1.61. The van der Waals surface area contributed by atoms with E-state index in [0.29, 0.717) is 12.1 Å². The summed E-state index contributed by atoms with van der Waals surface area (Å²) in [6.45, 7) is 4.23. The third-order valence-electron chi connectivity index (χ3n) is 4.14. The van der Waals surface area contributed by atoms with Gasteiger partial charge in [-0.25, -0.2) is 0 Å². The molecular formula is C20H16. The van der Waals surface area contributed by atoms with Crippen molar-refractivity contribution in [2.75, 3.05) is 0 Å². The molecule has 0 saturated carbocycles. The van der Waals surface area contributed by atoms with Gasteiger partial charge in [0.2, 0.25) is 0 Å². The van der Waals surface area contributed by atoms with Crippen LogP contribution >= 0.6 is 0 Å². The van der Waals surface area contributed by atoms with Gasteiger partial charge < -0.3 is 0 Å². The summed E-state index contributed by atoms with van der Waals surface area (Å²) in [4.78, 5) is 0. The lowest BCUT2D eigenvalue weighted by Gasteiger charge is -2.08. The highest BCUT2D eigenvalue weighted by Crippen LogP contribution is 2.30. The maximum absolute atomic E-state index is 8.35. The minimum Gasteiger partial charge on any atom is -0.0616 e. The van der Waals surface area contributed by atoms with Crippen molar-refractivity contribution in [3.8, 4) is 0 Å². The molecule has 0 amide bonds. The number of rotatable bonds is 0. The summed E-state index contributed by atoms with van der Waals surface area (Å²) in [5, 5.41) is 6.16. The van der Waals surface area contributed by atoms with E-state index in [1.54, 1.807) is 0 Å². The highest BCUT2D eigenvalue weighted by molar-refractivity contribution is 6.12. The lowest BCUT2D eigenvalue weighted by Crippen LogP contribution is -1.84. The summed E-state index contributed by atoms with van der Waals surface area (Å²) in [7, 11) is 0. The standard InChI is InChI=1S/C20H16/c1-13-9-17-11-16-8-7-15-5-3-4-6-19(15)20(16)12-18(17)10-14(13)2/h3-12H,1-2H3/i7D,8D. The number of fused-ring (bicyclic) bond motifs is 4. The molecule has 0 radical (unpaired) electrons. The van der Waals surface area contributed by atoms with Gasteiger partial charge in [-0.2, -0.15) is 0 Å². The van der Waals surface area contributed by atoms with Gasteiger partial charge in [-0.1, -0.05) is 48.5 Å². The number of hydrogen-bond donors (Lipinski definition) is 0. The summed E-state index contributed by atoms with van der Waals surface area (Å²) >= 11 is 0. The van der Waals surface area contributed by atoms with Crippen LogP contribution in [0.3, 0.4) is 0 Å². The first-order chi connectivity index (χ1) is 10.6. The molecule has 0 saturated heterocycles. The summed E-state index contributed by atoms with van der Waals surface area (Å²) in [5.41, 5.74) is 2.53. The fraction of sp³-hybridized carbons (Fsp3) is 0.100. The molecule has 0 unspecified atom stereocenters. The van der Waals surface area contributed by atoms with E-state index < -0.39 is 0 Å². The van der Waals surface area contributed by atoms with Crippen LogP contribution in [0.4, 0.5) is 0 Å². The zero-order valence-electron chi connectivity index (χ0n) is 13.6. The maximum atomic E-state index is 8.35. The van der Waals surface area contributed by atoms with E-state index in [1.165, 1.54) is 16.5 Å². The zero-order chi connectivity index (χ0) is 15.4. The molecule has 0 aliphatic carbocycles. The second kappa shape index (κ2) is 4.08. The van der Waals surface area contributed by atoms with E-state index in [1.807, 2.05) is 24.3 Å². The van der Waals surface area contributed by atoms with Crippen LogP contribution in [0, 0.1) is 13.8 Å². The van der Waals surface area contributed by atoms with Crippen molar-refractivity contribution in [1.29, 1.82) is 0 Å². The van der Waals surface area contributed by atoms with Gasteiger partial charge in [0.25, 0.3) is 0 Å². The first-order valence-corrected chi connectivity index (χ1v) is 6.89. The van der Waals surface area contributed by atoms with Crippen molar-refractivity contribution in [3.63, 3.8) is 0 Å². The highest BCUT2D eigenvalue weighted by atomic mass is 14.1. The summed E-state index contributed by atoms with van der Waals surface area (Å²) in [6.07, 6.45) is 0. The minimum absolute atomic E-state index is 0.311. The smallest absolute Gasteiger partial charge is 0.0616 e. The van der Waals surface area contributed by atoms with Gasteiger partial charge in [0.05, 0.1) is 2.74 Å². The Kier molecular flexibility index (Phi) is 1.95. The molecule has 0 nitrogen and oxygen atoms in total. The Hall–Kier alpha value is -2.34. The Bertz CT molecular complexity index is 1060. The summed E-state index contributed by atoms with van der Waals surface area (Å²) < 4.78 is 16.6. The lowest BCUT2D eigenvalue weighted by atomic mass is 9.96. The maximum Gasteiger partial charge on any atom is 0.0629 e. The largest absolute Gasteiger partial charge is 0.0629 e. The van der Waals surface area contributed by atoms with Crippen molar-refractivity contribution in [1.82, 2.24) is 0 Å². The van der Waals surface area contributed by atoms with Gasteiger partial charge >= 0.3 is 0 Å². The van der Waals surface area contributed by atoms with E-state index in [9.17, 15) is 0 Å². The first-order valence-electron chi connectivity index (χ1n) is 7.89. The Morgan fingerprint density at radius 2 is 1.30 bits per heavy atom. The van der Waals surface area contributed by atoms with Crippen molar-refractivity contribution < 1.29 is 2.74 Å². The molecule has 0 fully saturated rings. The molecule has 0 bridgehead atoms. The molecule has 0 heterocycles. The monoisotopic (exact) mass is 258 g/mol. The predicted molar refractivity (Wildman–Crippen MR) is 88.4 cm³/mol. The predicted octanol–water partition coefficient (Wildman–Crippen LogP) is 5.76. The van der Waals surface area contributed by atoms with Crippen LogP contribution in [0.5, 0.6) is 0 Å². The molecule has 0 aromatic heterocycles. The number of hydrogen-bond acceptors (Lipinski definition) is 0. The second-order valence-electron chi connectivity index (χ2n) is 5.48. The number of benzene rings is 4. The molecule has 0 N–H and O–H groups in total. The van der Waals surface area contributed by atoms with Crippen LogP contribution in [0.1, 0.15) is 13.9 Å². The Morgan fingerprint density at radius 3 is 2.10 bits per heavy atom. The topological polar surface area (TPSA) is 0 Å². The molecule has 20 heavy (non-hydrogen) atoms. The minimum atomic E-state index is 0.311. The van der Waals surface area contributed by atoms with Gasteiger partial charge in [0.1, 0.15) is 0 Å². The van der Waals surface area contributed by atoms with E-state index in [4.69, 9.17) is 2.74 Å². The second-order valence-corrected chi connectivity index (χ2v) is 5.48. The van der Waals surface area contributed by atoms with Crippen LogP contribution in [0.15, 0.2) is 60.6 Å². The normalized spacial score (nSPS) is 12.9. The van der Waals surface area contributed by atoms with Crippen LogP contribution < -0.4 is 0 Å². The fourth-order valence-corrected chi connectivity index (χ4v) is 2.87. The van der Waals surface area contributed by atoms with Crippen LogP contribution in [-0.2, 0) is 0 Å². The van der Waals surface area contributed by atoms with Gasteiger partial charge in [-0.05, 0) is 69.4 Å². The average molecular weight is 258 g/mol. The molecule has 4 aromatic carbocycles. The molecule has 0 aliphatic heterocycles. The van der Waals surface area contributed by atoms with Crippen molar-refractivity contribution >= 4 is 32.3 Å². The summed E-state index contributed by atoms with van der Waals surface area (Å²) in [6, 6.07) is 17.1. The van der Waals surface area contributed by atoms with Gasteiger partial charge in [0.15, 0.2) is 0 Å². The molecule has 96 valence electrons. The molecule has 0 aliphatic rings. The van der Waals surface area contributed by atoms with E-state index in [-0.39, 0.29) is 0 Å². The van der Waals surface area contributed by atoms with Crippen molar-refractivity contribution in [2.24, 2.45) is 0 Å². The molecule has 4 rings (SSSR count). The quantitative estimate of drug-likeness (QED) is 0.278. The van der Waals surface area contributed by atoms with Crippen molar-refractivity contribution in [2.45, 2.75) is 13.8 Å². The molecule has 0 spiro atoms. The van der Waals surface area contributed by atoms with E-state index >= 15 is 0 Å². The van der Waals surface area contributed by atoms with Gasteiger partial charge in [0, 0.05) is 0 Å². The third-order valence-corrected chi connectivity index (χ3v) is 4.14. The zero-order valence-corrected chi connectivity index (χ0v) is 11.6. The van der Waals surface area contributed by atoms with Crippen molar-refractivity contribution in [3.05, 3.63) is 71.7 Å². The molecule has 0 atom stereocenters. The molecule has 0 heteroatoms. The summed E-state index contributed by atoms with van der Waals surface area (Å²) in [5.74, 6) is 0.